The quantitative estimate of drug-likeness (QED) is 0.815. The number of rotatable bonds is 5. The minimum absolute atomic E-state index is 0.0498. The third-order valence-corrected chi connectivity index (χ3v) is 4.02. The van der Waals surface area contributed by atoms with Gasteiger partial charge in [0.2, 0.25) is 5.91 Å². The van der Waals surface area contributed by atoms with E-state index in [0.29, 0.717) is 11.4 Å². The Kier molecular flexibility index (Phi) is 5.59. The highest BCUT2D eigenvalue weighted by molar-refractivity contribution is 5.96. The van der Waals surface area contributed by atoms with E-state index in [0.717, 1.165) is 26.0 Å². The van der Waals surface area contributed by atoms with E-state index in [4.69, 9.17) is 10.5 Å². The van der Waals surface area contributed by atoms with E-state index in [1.807, 2.05) is 37.1 Å². The van der Waals surface area contributed by atoms with Gasteiger partial charge in [-0.3, -0.25) is 9.69 Å². The summed E-state index contributed by atoms with van der Waals surface area (Å²) in [4.78, 5) is 14.3. The number of para-hydroxylation sites is 2. The highest BCUT2D eigenvalue weighted by atomic mass is 16.5. The van der Waals surface area contributed by atoms with Crippen LogP contribution in [0.4, 0.5) is 11.4 Å². The molecular formula is C16H25N3O2. The number of carbonyl (C=O) groups excluding carboxylic acids is 1. The summed E-state index contributed by atoms with van der Waals surface area (Å²) in [5, 5.41) is 2.88. The second kappa shape index (κ2) is 7.43. The van der Waals surface area contributed by atoms with Gasteiger partial charge in [0, 0.05) is 13.2 Å². The Labute approximate surface area is 126 Å². The van der Waals surface area contributed by atoms with Gasteiger partial charge in [-0.05, 0) is 45.4 Å². The van der Waals surface area contributed by atoms with Gasteiger partial charge < -0.3 is 15.8 Å². The molecule has 116 valence electrons. The molecule has 2 rings (SSSR count). The average Bonchev–Trinajstić information content (AvgIpc) is 2.49. The van der Waals surface area contributed by atoms with Crippen LogP contribution >= 0.6 is 0 Å². The maximum absolute atomic E-state index is 12.3. The van der Waals surface area contributed by atoms with Gasteiger partial charge in [-0.15, -0.1) is 0 Å². The molecule has 1 aromatic rings. The van der Waals surface area contributed by atoms with Crippen LogP contribution in [0.15, 0.2) is 24.3 Å². The molecule has 21 heavy (non-hydrogen) atoms. The molecule has 2 atom stereocenters. The number of nitrogens with two attached hydrogens (primary N) is 1. The van der Waals surface area contributed by atoms with Gasteiger partial charge in [-0.1, -0.05) is 12.1 Å². The number of carbonyl (C=O) groups is 1. The monoisotopic (exact) mass is 291 g/mol. The molecular weight excluding hydrogens is 266 g/mol. The van der Waals surface area contributed by atoms with Crippen LogP contribution in [0.25, 0.3) is 0 Å². The number of hydrogen-bond donors (Lipinski definition) is 2. The lowest BCUT2D eigenvalue weighted by Crippen LogP contribution is -2.44. The number of nitrogen functional groups attached to an aromatic ring is 1. The third-order valence-electron chi connectivity index (χ3n) is 4.02. The fourth-order valence-corrected chi connectivity index (χ4v) is 2.48. The second-order valence-corrected chi connectivity index (χ2v) is 5.68. The first-order chi connectivity index (χ1) is 10.1. The Bertz CT molecular complexity index is 472. The number of amides is 1. The Balaban J connectivity index is 1.87. The lowest BCUT2D eigenvalue weighted by Gasteiger charge is -2.30. The normalized spacial score (nSPS) is 20.2. The van der Waals surface area contributed by atoms with Crippen molar-refractivity contribution in [1.82, 2.24) is 4.90 Å². The lowest BCUT2D eigenvalue weighted by atomic mass is 10.1. The van der Waals surface area contributed by atoms with E-state index in [2.05, 4.69) is 5.32 Å². The summed E-state index contributed by atoms with van der Waals surface area (Å²) < 4.78 is 5.72. The predicted octanol–water partition coefficient (Wildman–Crippen LogP) is 2.10. The van der Waals surface area contributed by atoms with E-state index >= 15 is 0 Å². The maximum atomic E-state index is 12.3. The maximum Gasteiger partial charge on any atom is 0.241 e. The Morgan fingerprint density at radius 3 is 2.90 bits per heavy atom. The van der Waals surface area contributed by atoms with Crippen molar-refractivity contribution in [2.75, 3.05) is 31.2 Å². The largest absolute Gasteiger partial charge is 0.397 e. The number of anilines is 2. The molecule has 1 aliphatic rings. The van der Waals surface area contributed by atoms with Crippen molar-refractivity contribution in [3.8, 4) is 0 Å². The molecule has 1 heterocycles. The van der Waals surface area contributed by atoms with Crippen LogP contribution in [0.5, 0.6) is 0 Å². The molecule has 1 aromatic carbocycles. The first kappa shape index (κ1) is 15.8. The van der Waals surface area contributed by atoms with E-state index in [9.17, 15) is 4.79 Å². The average molecular weight is 291 g/mol. The van der Waals surface area contributed by atoms with Gasteiger partial charge in [-0.25, -0.2) is 0 Å². The summed E-state index contributed by atoms with van der Waals surface area (Å²) in [5.41, 5.74) is 7.09. The number of ether oxygens (including phenoxy) is 1. The van der Waals surface area contributed by atoms with Crippen LogP contribution in [-0.2, 0) is 9.53 Å². The minimum Gasteiger partial charge on any atom is -0.397 e. The molecule has 0 bridgehead atoms. The summed E-state index contributed by atoms with van der Waals surface area (Å²) in [6, 6.07) is 7.07. The number of nitrogens with zero attached hydrogens (tertiary/aromatic N) is 1. The SMILES string of the molecule is CC(C(=O)Nc1ccccc1N)N(C)CC1CCCCO1. The van der Waals surface area contributed by atoms with Gasteiger partial charge in [0.15, 0.2) is 0 Å². The molecule has 1 fully saturated rings. The first-order valence-corrected chi connectivity index (χ1v) is 7.55. The number of benzene rings is 1. The molecule has 5 heteroatoms. The molecule has 3 N–H and O–H groups in total. The van der Waals surface area contributed by atoms with Crippen LogP contribution in [0.1, 0.15) is 26.2 Å². The topological polar surface area (TPSA) is 67.6 Å². The molecule has 0 aliphatic carbocycles. The van der Waals surface area contributed by atoms with Crippen LogP contribution in [0.3, 0.4) is 0 Å². The molecule has 0 radical (unpaired) electrons. The van der Waals surface area contributed by atoms with E-state index in [1.165, 1.54) is 6.42 Å². The van der Waals surface area contributed by atoms with Crippen molar-refractivity contribution in [2.45, 2.75) is 38.3 Å². The van der Waals surface area contributed by atoms with Crippen molar-refractivity contribution in [3.63, 3.8) is 0 Å². The standard InChI is InChI=1S/C16H25N3O2/c1-12(19(2)11-13-7-5-6-10-21-13)16(20)18-15-9-4-3-8-14(15)17/h3-4,8-9,12-13H,5-7,10-11,17H2,1-2H3,(H,18,20). The number of hydrogen-bond acceptors (Lipinski definition) is 4. The molecule has 0 saturated carbocycles. The number of likely N-dealkylation sites (N-methyl/N-ethyl adjacent to an activating group) is 1. The zero-order chi connectivity index (χ0) is 15.2. The van der Waals surface area contributed by atoms with Gasteiger partial charge in [-0.2, -0.15) is 0 Å². The smallest absolute Gasteiger partial charge is 0.241 e. The molecule has 1 amide bonds. The van der Waals surface area contributed by atoms with E-state index < -0.39 is 0 Å². The fourth-order valence-electron chi connectivity index (χ4n) is 2.48. The number of nitrogens with one attached hydrogen (secondary N) is 1. The van der Waals surface area contributed by atoms with Crippen LogP contribution in [0.2, 0.25) is 0 Å². The molecule has 1 saturated heterocycles. The third kappa shape index (κ3) is 4.44. The van der Waals surface area contributed by atoms with Crippen LogP contribution in [-0.4, -0.2) is 43.2 Å². The highest BCUT2D eigenvalue weighted by Crippen LogP contribution is 2.18. The Hall–Kier alpha value is -1.59. The molecule has 5 nitrogen and oxygen atoms in total. The van der Waals surface area contributed by atoms with Crippen LogP contribution in [0, 0.1) is 0 Å². The Morgan fingerprint density at radius 1 is 1.48 bits per heavy atom. The highest BCUT2D eigenvalue weighted by Gasteiger charge is 2.23. The van der Waals surface area contributed by atoms with Gasteiger partial charge in [0.25, 0.3) is 0 Å². The van der Waals surface area contributed by atoms with Gasteiger partial charge in [0.05, 0.1) is 23.5 Å². The zero-order valence-electron chi connectivity index (χ0n) is 12.8. The molecule has 0 aromatic heterocycles. The zero-order valence-corrected chi connectivity index (χ0v) is 12.8. The minimum atomic E-state index is -0.227. The van der Waals surface area contributed by atoms with Gasteiger partial charge >= 0.3 is 0 Å². The van der Waals surface area contributed by atoms with Crippen molar-refractivity contribution in [2.24, 2.45) is 0 Å². The van der Waals surface area contributed by atoms with Crippen LogP contribution < -0.4 is 11.1 Å². The lowest BCUT2D eigenvalue weighted by molar-refractivity contribution is -0.121. The molecule has 0 spiro atoms. The first-order valence-electron chi connectivity index (χ1n) is 7.55. The fraction of sp³-hybridized carbons (Fsp3) is 0.562. The predicted molar refractivity (Wildman–Crippen MR) is 85.2 cm³/mol. The van der Waals surface area contributed by atoms with Crippen molar-refractivity contribution >= 4 is 17.3 Å². The molecule has 1 aliphatic heterocycles. The summed E-state index contributed by atoms with van der Waals surface area (Å²) >= 11 is 0. The van der Waals surface area contributed by atoms with E-state index in [-0.39, 0.29) is 18.1 Å². The van der Waals surface area contributed by atoms with Crippen molar-refractivity contribution in [3.05, 3.63) is 24.3 Å². The van der Waals surface area contributed by atoms with Gasteiger partial charge in [0.1, 0.15) is 0 Å². The summed E-state index contributed by atoms with van der Waals surface area (Å²) in [6.07, 6.45) is 3.66. The van der Waals surface area contributed by atoms with E-state index in [1.54, 1.807) is 6.07 Å². The second-order valence-electron chi connectivity index (χ2n) is 5.68. The Morgan fingerprint density at radius 2 is 2.24 bits per heavy atom. The van der Waals surface area contributed by atoms with Crippen molar-refractivity contribution in [1.29, 1.82) is 0 Å². The molecule has 2 unspecified atom stereocenters. The summed E-state index contributed by atoms with van der Waals surface area (Å²) in [6.45, 7) is 3.51. The van der Waals surface area contributed by atoms with Crippen molar-refractivity contribution < 1.29 is 9.53 Å². The summed E-state index contributed by atoms with van der Waals surface area (Å²) in [7, 11) is 1.95. The summed E-state index contributed by atoms with van der Waals surface area (Å²) in [5.74, 6) is -0.0498.